The molecule has 0 aromatic carbocycles. The molecule has 0 bridgehead atoms. The van der Waals surface area contributed by atoms with Gasteiger partial charge in [0.15, 0.2) is 0 Å². The minimum Gasteiger partial charge on any atom is -0.390 e. The van der Waals surface area contributed by atoms with Gasteiger partial charge in [-0.1, -0.05) is 13.3 Å². The van der Waals surface area contributed by atoms with E-state index in [0.29, 0.717) is 24.7 Å². The molecule has 3 rings (SSSR count). The molecule has 2 aliphatic rings. The highest BCUT2D eigenvalue weighted by atomic mass is 16.3. The summed E-state index contributed by atoms with van der Waals surface area (Å²) in [6.07, 6.45) is 5.07. The molecule has 2 fully saturated rings. The summed E-state index contributed by atoms with van der Waals surface area (Å²) in [5, 5.41) is 10.7. The van der Waals surface area contributed by atoms with E-state index in [4.69, 9.17) is 0 Å². The highest BCUT2D eigenvalue weighted by Gasteiger charge is 2.48. The Morgan fingerprint density at radius 2 is 2.35 bits per heavy atom. The molecule has 0 unspecified atom stereocenters. The first kappa shape index (κ1) is 13.4. The van der Waals surface area contributed by atoms with Crippen molar-refractivity contribution in [2.75, 3.05) is 13.1 Å². The van der Waals surface area contributed by atoms with E-state index < -0.39 is 5.60 Å². The number of fused-ring (bicyclic) bond motifs is 1. The molecule has 0 spiro atoms. The lowest BCUT2D eigenvalue weighted by molar-refractivity contribution is -0.0609. The lowest BCUT2D eigenvalue weighted by Gasteiger charge is -2.40. The van der Waals surface area contributed by atoms with Crippen molar-refractivity contribution in [1.29, 1.82) is 0 Å². The molecule has 1 saturated heterocycles. The van der Waals surface area contributed by atoms with Crippen molar-refractivity contribution in [3.8, 4) is 0 Å². The third-order valence-electron chi connectivity index (χ3n) is 5.04. The number of carbonyl (C=O) groups excluding carboxylic acids is 1. The van der Waals surface area contributed by atoms with Gasteiger partial charge >= 0.3 is 5.69 Å². The van der Waals surface area contributed by atoms with E-state index >= 15 is 0 Å². The maximum atomic E-state index is 12.4. The van der Waals surface area contributed by atoms with Crippen LogP contribution in [0.25, 0.3) is 0 Å². The Kier molecular flexibility index (Phi) is 3.20. The van der Waals surface area contributed by atoms with E-state index in [0.717, 1.165) is 25.7 Å². The third-order valence-corrected chi connectivity index (χ3v) is 5.04. The van der Waals surface area contributed by atoms with Gasteiger partial charge in [0, 0.05) is 25.2 Å². The highest BCUT2D eigenvalue weighted by Crippen LogP contribution is 2.44. The largest absolute Gasteiger partial charge is 0.390 e. The lowest BCUT2D eigenvalue weighted by Crippen LogP contribution is -2.44. The van der Waals surface area contributed by atoms with E-state index in [2.05, 4.69) is 9.97 Å². The molecule has 1 aliphatic heterocycles. The Morgan fingerprint density at radius 3 is 3.00 bits per heavy atom. The molecule has 1 amide bonds. The minimum atomic E-state index is -0.635. The van der Waals surface area contributed by atoms with Crippen LogP contribution in [0.15, 0.2) is 11.0 Å². The van der Waals surface area contributed by atoms with Crippen molar-refractivity contribution in [1.82, 2.24) is 14.9 Å². The molecule has 6 nitrogen and oxygen atoms in total. The second-order valence-corrected chi connectivity index (χ2v) is 6.08. The van der Waals surface area contributed by atoms with E-state index in [9.17, 15) is 14.7 Å². The Morgan fingerprint density at radius 1 is 1.55 bits per heavy atom. The summed E-state index contributed by atoms with van der Waals surface area (Å²) in [6.45, 7) is 3.27. The van der Waals surface area contributed by atoms with Gasteiger partial charge in [-0.2, -0.15) is 0 Å². The number of likely N-dealkylation sites (tertiary alicyclic amines) is 1. The smallest absolute Gasteiger partial charge is 0.323 e. The number of hydrogen-bond acceptors (Lipinski definition) is 3. The fraction of sp³-hybridized carbons (Fsp3) is 0.714. The fourth-order valence-corrected chi connectivity index (χ4v) is 3.85. The summed E-state index contributed by atoms with van der Waals surface area (Å²) in [6, 6.07) is 0. The zero-order valence-electron chi connectivity index (χ0n) is 11.7. The molecule has 110 valence electrons. The van der Waals surface area contributed by atoms with Gasteiger partial charge in [0.2, 0.25) is 0 Å². The number of imidazole rings is 1. The molecule has 1 aromatic rings. The molecule has 1 aromatic heterocycles. The standard InChI is InChI=1S/C14H21N3O3/c1-2-14(20)5-3-4-9-7-17(8-10(9)14)12(18)11-6-15-13(19)16-11/h6,9-10,20H,2-5,7-8H2,1H3,(H2,15,16,19)/t9-,10+,14-/m1/s1. The van der Waals surface area contributed by atoms with Crippen LogP contribution in [0.1, 0.15) is 43.1 Å². The van der Waals surface area contributed by atoms with E-state index in [1.165, 1.54) is 6.20 Å². The van der Waals surface area contributed by atoms with Gasteiger partial charge in [-0.15, -0.1) is 0 Å². The molecule has 1 aliphatic carbocycles. The molecule has 3 atom stereocenters. The normalized spacial score (nSPS) is 33.2. The fourth-order valence-electron chi connectivity index (χ4n) is 3.85. The minimum absolute atomic E-state index is 0.156. The molecule has 2 heterocycles. The van der Waals surface area contributed by atoms with Crippen molar-refractivity contribution in [3.63, 3.8) is 0 Å². The van der Waals surface area contributed by atoms with Crippen LogP contribution in [0.3, 0.4) is 0 Å². The monoisotopic (exact) mass is 279 g/mol. The summed E-state index contributed by atoms with van der Waals surface area (Å²) >= 11 is 0. The molecule has 6 heteroatoms. The van der Waals surface area contributed by atoms with Crippen LogP contribution in [0.4, 0.5) is 0 Å². The maximum Gasteiger partial charge on any atom is 0.323 e. The lowest BCUT2D eigenvalue weighted by atomic mass is 9.69. The van der Waals surface area contributed by atoms with Gasteiger partial charge in [-0.05, 0) is 25.2 Å². The van der Waals surface area contributed by atoms with Gasteiger partial charge in [-0.3, -0.25) is 4.79 Å². The first-order chi connectivity index (χ1) is 9.53. The zero-order chi connectivity index (χ0) is 14.3. The molecule has 20 heavy (non-hydrogen) atoms. The van der Waals surface area contributed by atoms with E-state index in [1.54, 1.807) is 4.90 Å². The predicted molar refractivity (Wildman–Crippen MR) is 73.4 cm³/mol. The number of aromatic amines is 2. The van der Waals surface area contributed by atoms with Crippen molar-refractivity contribution in [2.24, 2.45) is 11.8 Å². The van der Waals surface area contributed by atoms with Crippen molar-refractivity contribution >= 4 is 5.91 Å². The van der Waals surface area contributed by atoms with Crippen molar-refractivity contribution in [2.45, 2.75) is 38.2 Å². The van der Waals surface area contributed by atoms with Gasteiger partial charge < -0.3 is 20.0 Å². The number of H-pyrrole nitrogens is 2. The van der Waals surface area contributed by atoms with Crippen molar-refractivity contribution < 1.29 is 9.90 Å². The van der Waals surface area contributed by atoms with Gasteiger partial charge in [0.1, 0.15) is 5.69 Å². The summed E-state index contributed by atoms with van der Waals surface area (Å²) in [7, 11) is 0. The predicted octanol–water partition coefficient (Wildman–Crippen LogP) is 0.716. The Hall–Kier alpha value is -1.56. The zero-order valence-corrected chi connectivity index (χ0v) is 11.7. The number of nitrogens with one attached hydrogen (secondary N) is 2. The number of aromatic nitrogens is 2. The third kappa shape index (κ3) is 2.08. The summed E-state index contributed by atoms with van der Waals surface area (Å²) in [4.78, 5) is 30.2. The topological polar surface area (TPSA) is 89.2 Å². The number of aliphatic hydroxyl groups is 1. The SMILES string of the molecule is CC[C@@]1(O)CCC[C@@H]2CN(C(=O)c3c[nH]c(=O)[nH]3)C[C@@H]21. The van der Waals surface area contributed by atoms with Crippen LogP contribution in [0, 0.1) is 11.8 Å². The number of nitrogens with zero attached hydrogens (tertiary/aromatic N) is 1. The first-order valence-electron chi connectivity index (χ1n) is 7.33. The van der Waals surface area contributed by atoms with Crippen LogP contribution < -0.4 is 5.69 Å². The second kappa shape index (κ2) is 4.77. The van der Waals surface area contributed by atoms with Crippen LogP contribution in [0.2, 0.25) is 0 Å². The van der Waals surface area contributed by atoms with Gasteiger partial charge in [0.05, 0.1) is 5.60 Å². The molecule has 0 radical (unpaired) electrons. The number of rotatable bonds is 2. The van der Waals surface area contributed by atoms with Crippen LogP contribution >= 0.6 is 0 Å². The van der Waals surface area contributed by atoms with Gasteiger partial charge in [-0.25, -0.2) is 4.79 Å². The molecular formula is C14H21N3O3. The average molecular weight is 279 g/mol. The maximum absolute atomic E-state index is 12.4. The highest BCUT2D eigenvalue weighted by molar-refractivity contribution is 5.92. The number of hydrogen-bond donors (Lipinski definition) is 3. The van der Waals surface area contributed by atoms with Crippen LogP contribution in [-0.4, -0.2) is 44.6 Å². The average Bonchev–Trinajstić information content (AvgIpc) is 3.05. The first-order valence-corrected chi connectivity index (χ1v) is 7.33. The summed E-state index contributed by atoms with van der Waals surface area (Å²) in [5.74, 6) is 0.385. The molecule has 3 N–H and O–H groups in total. The van der Waals surface area contributed by atoms with Crippen LogP contribution in [0.5, 0.6) is 0 Å². The Bertz CT molecular complexity index is 564. The van der Waals surface area contributed by atoms with E-state index in [1.807, 2.05) is 6.92 Å². The Labute approximate surface area is 117 Å². The number of amides is 1. The number of carbonyl (C=O) groups is 1. The van der Waals surface area contributed by atoms with Crippen LogP contribution in [-0.2, 0) is 0 Å². The van der Waals surface area contributed by atoms with Gasteiger partial charge in [0.25, 0.3) is 5.91 Å². The van der Waals surface area contributed by atoms with E-state index in [-0.39, 0.29) is 17.5 Å². The summed E-state index contributed by atoms with van der Waals surface area (Å²) in [5.41, 5.74) is -0.701. The quantitative estimate of drug-likeness (QED) is 0.745. The second-order valence-electron chi connectivity index (χ2n) is 6.08. The Balaban J connectivity index is 1.78. The molecular weight excluding hydrogens is 258 g/mol. The van der Waals surface area contributed by atoms with Crippen molar-refractivity contribution in [3.05, 3.63) is 22.4 Å². The molecule has 1 saturated carbocycles. The summed E-state index contributed by atoms with van der Waals surface area (Å²) < 4.78 is 0.